The van der Waals surface area contributed by atoms with Crippen molar-refractivity contribution >= 4 is 23.0 Å². The summed E-state index contributed by atoms with van der Waals surface area (Å²) < 4.78 is 5.26. The molecule has 1 aliphatic rings. The van der Waals surface area contributed by atoms with E-state index in [2.05, 4.69) is 12.2 Å². The molecular formula is C13H19NO4S. The first kappa shape index (κ1) is 15.6. The number of unbranched alkanes of at least 4 members (excludes halogenated alkanes) is 1. The molecule has 0 bridgehead atoms. The summed E-state index contributed by atoms with van der Waals surface area (Å²) in [5.74, 6) is 0.263. The van der Waals surface area contributed by atoms with E-state index in [4.69, 9.17) is 9.84 Å². The molecule has 0 fully saturated rings. The number of hydrogen-bond acceptors (Lipinski definition) is 4. The first-order valence-electron chi connectivity index (χ1n) is 6.30. The van der Waals surface area contributed by atoms with E-state index < -0.39 is 12.0 Å². The van der Waals surface area contributed by atoms with Crippen molar-refractivity contribution in [2.75, 3.05) is 5.75 Å². The molecule has 0 saturated carbocycles. The normalized spacial score (nSPS) is 15.3. The molecule has 1 amide bonds. The summed E-state index contributed by atoms with van der Waals surface area (Å²) in [6, 6.07) is -0.607. The van der Waals surface area contributed by atoms with Crippen LogP contribution in [0.1, 0.15) is 32.6 Å². The number of thioether (sulfide) groups is 1. The number of carbonyl (C=O) groups is 2. The zero-order valence-electron chi connectivity index (χ0n) is 10.9. The topological polar surface area (TPSA) is 75.6 Å². The van der Waals surface area contributed by atoms with Crippen molar-refractivity contribution in [1.29, 1.82) is 0 Å². The van der Waals surface area contributed by atoms with Crippen LogP contribution < -0.4 is 5.32 Å². The van der Waals surface area contributed by atoms with Crippen LogP contribution in [-0.4, -0.2) is 28.1 Å². The zero-order chi connectivity index (χ0) is 14.1. The number of nitrogens with one attached hydrogen (secondary N) is 1. The SMILES string of the molecule is CCCCSC(=O)N[C@H](CC(=O)O)C1=CCC=CO1. The predicted octanol–water partition coefficient (Wildman–Crippen LogP) is 2.89. The highest BCUT2D eigenvalue weighted by Crippen LogP contribution is 2.16. The standard InChI is InChI=1S/C13H19NO4S/c1-2-3-8-19-13(17)14-10(9-12(15)16)11-6-4-5-7-18-11/h5-7,10H,2-4,8-9H2,1H3,(H,14,17)(H,15,16)/t10-/m1/s1. The number of carboxylic acid groups (broad SMARTS) is 1. The number of rotatable bonds is 7. The monoisotopic (exact) mass is 285 g/mol. The molecule has 1 heterocycles. The van der Waals surface area contributed by atoms with Gasteiger partial charge >= 0.3 is 5.97 Å². The van der Waals surface area contributed by atoms with Gasteiger partial charge in [0.15, 0.2) is 0 Å². The molecule has 0 saturated heterocycles. The summed E-state index contributed by atoms with van der Waals surface area (Å²) in [5, 5.41) is 11.4. The van der Waals surface area contributed by atoms with Crippen LogP contribution in [0.2, 0.25) is 0 Å². The summed E-state index contributed by atoms with van der Waals surface area (Å²) in [7, 11) is 0. The highest BCUT2D eigenvalue weighted by molar-refractivity contribution is 8.13. The number of carbonyl (C=O) groups excluding carboxylic acids is 1. The van der Waals surface area contributed by atoms with Crippen LogP contribution in [0.5, 0.6) is 0 Å². The van der Waals surface area contributed by atoms with Gasteiger partial charge in [0.2, 0.25) is 0 Å². The molecule has 2 N–H and O–H groups in total. The minimum absolute atomic E-state index is 0.181. The van der Waals surface area contributed by atoms with Crippen molar-refractivity contribution in [2.24, 2.45) is 0 Å². The van der Waals surface area contributed by atoms with Crippen molar-refractivity contribution in [2.45, 2.75) is 38.6 Å². The van der Waals surface area contributed by atoms with Gasteiger partial charge in [-0.15, -0.1) is 0 Å². The molecule has 6 heteroatoms. The fourth-order valence-corrected chi connectivity index (χ4v) is 2.37. The summed E-state index contributed by atoms with van der Waals surface area (Å²) in [4.78, 5) is 22.5. The van der Waals surface area contributed by atoms with Gasteiger partial charge in [-0.05, 0) is 25.0 Å². The first-order chi connectivity index (χ1) is 9.13. The van der Waals surface area contributed by atoms with E-state index in [1.165, 1.54) is 18.0 Å². The van der Waals surface area contributed by atoms with Crippen molar-refractivity contribution in [3.05, 3.63) is 24.2 Å². The zero-order valence-corrected chi connectivity index (χ0v) is 11.7. The Kier molecular flexibility index (Phi) is 7.10. The Balaban J connectivity index is 2.51. The van der Waals surface area contributed by atoms with E-state index in [1.54, 1.807) is 6.08 Å². The molecule has 19 heavy (non-hydrogen) atoms. The van der Waals surface area contributed by atoms with Crippen LogP contribution in [0.3, 0.4) is 0 Å². The van der Waals surface area contributed by atoms with Crippen LogP contribution in [-0.2, 0) is 9.53 Å². The van der Waals surface area contributed by atoms with E-state index in [-0.39, 0.29) is 11.7 Å². The van der Waals surface area contributed by atoms with Gasteiger partial charge in [0.25, 0.3) is 5.24 Å². The quantitative estimate of drug-likeness (QED) is 0.703. The second-order valence-electron chi connectivity index (χ2n) is 4.12. The Hall–Kier alpha value is -1.43. The molecule has 0 radical (unpaired) electrons. The average Bonchev–Trinajstić information content (AvgIpc) is 2.39. The van der Waals surface area contributed by atoms with Crippen molar-refractivity contribution in [1.82, 2.24) is 5.32 Å². The molecule has 0 unspecified atom stereocenters. The summed E-state index contributed by atoms with van der Waals surface area (Å²) in [6.45, 7) is 2.05. The predicted molar refractivity (Wildman–Crippen MR) is 74.9 cm³/mol. The van der Waals surface area contributed by atoms with Gasteiger partial charge in [0.05, 0.1) is 18.7 Å². The first-order valence-corrected chi connectivity index (χ1v) is 7.28. The number of carboxylic acids is 1. The number of allylic oxidation sites excluding steroid dienone is 2. The Bertz CT molecular complexity index is 379. The molecule has 5 nitrogen and oxygen atoms in total. The Morgan fingerprint density at radius 1 is 1.58 bits per heavy atom. The molecular weight excluding hydrogens is 266 g/mol. The lowest BCUT2D eigenvalue weighted by Gasteiger charge is -2.20. The van der Waals surface area contributed by atoms with E-state index in [0.29, 0.717) is 12.2 Å². The van der Waals surface area contributed by atoms with Crippen LogP contribution in [0.25, 0.3) is 0 Å². The van der Waals surface area contributed by atoms with Gasteiger partial charge < -0.3 is 15.2 Å². The third-order valence-corrected chi connectivity index (χ3v) is 3.37. The van der Waals surface area contributed by atoms with E-state index in [1.807, 2.05) is 6.08 Å². The number of hydrogen-bond donors (Lipinski definition) is 2. The van der Waals surface area contributed by atoms with Gasteiger partial charge in [-0.3, -0.25) is 9.59 Å². The Morgan fingerprint density at radius 3 is 2.95 bits per heavy atom. The maximum absolute atomic E-state index is 11.7. The Morgan fingerprint density at radius 2 is 2.37 bits per heavy atom. The molecule has 0 aromatic rings. The van der Waals surface area contributed by atoms with Gasteiger partial charge in [0.1, 0.15) is 5.76 Å². The molecule has 0 aromatic heterocycles. The van der Waals surface area contributed by atoms with Gasteiger partial charge in [-0.2, -0.15) is 0 Å². The fraction of sp³-hybridized carbons (Fsp3) is 0.538. The maximum Gasteiger partial charge on any atom is 0.305 e. The van der Waals surface area contributed by atoms with Gasteiger partial charge in [-0.25, -0.2) is 0 Å². The molecule has 1 rings (SSSR count). The largest absolute Gasteiger partial charge is 0.481 e. The molecule has 106 valence electrons. The Labute approximate surface area is 117 Å². The lowest BCUT2D eigenvalue weighted by atomic mass is 10.1. The molecule has 0 spiro atoms. The lowest BCUT2D eigenvalue weighted by Crippen LogP contribution is -2.36. The van der Waals surface area contributed by atoms with Crippen LogP contribution >= 0.6 is 11.8 Å². The van der Waals surface area contributed by atoms with Crippen molar-refractivity contribution in [3.63, 3.8) is 0 Å². The minimum atomic E-state index is -0.970. The van der Waals surface area contributed by atoms with Crippen LogP contribution in [0, 0.1) is 0 Å². The molecule has 0 aromatic carbocycles. The number of aliphatic carboxylic acids is 1. The summed E-state index contributed by atoms with van der Waals surface area (Å²) in [6.07, 6.45) is 7.61. The second-order valence-corrected chi connectivity index (χ2v) is 5.18. The molecule has 1 atom stereocenters. The smallest absolute Gasteiger partial charge is 0.305 e. The third-order valence-electron chi connectivity index (χ3n) is 2.50. The highest BCUT2D eigenvalue weighted by Gasteiger charge is 2.22. The van der Waals surface area contributed by atoms with E-state index >= 15 is 0 Å². The third kappa shape index (κ3) is 6.33. The van der Waals surface area contributed by atoms with Gasteiger partial charge in [-0.1, -0.05) is 25.1 Å². The fourth-order valence-electron chi connectivity index (χ4n) is 1.53. The van der Waals surface area contributed by atoms with E-state index in [9.17, 15) is 9.59 Å². The molecule has 0 aliphatic carbocycles. The number of ether oxygens (including phenoxy) is 1. The van der Waals surface area contributed by atoms with Crippen LogP contribution in [0.15, 0.2) is 24.2 Å². The molecule has 1 aliphatic heterocycles. The lowest BCUT2D eigenvalue weighted by molar-refractivity contribution is -0.137. The number of amides is 1. The summed E-state index contributed by atoms with van der Waals surface area (Å²) >= 11 is 1.18. The summed E-state index contributed by atoms with van der Waals surface area (Å²) in [5.41, 5.74) is 0. The minimum Gasteiger partial charge on any atom is -0.481 e. The second kappa shape index (κ2) is 8.63. The highest BCUT2D eigenvalue weighted by atomic mass is 32.2. The van der Waals surface area contributed by atoms with Crippen molar-refractivity contribution < 1.29 is 19.4 Å². The maximum atomic E-state index is 11.7. The average molecular weight is 285 g/mol. The van der Waals surface area contributed by atoms with Crippen molar-refractivity contribution in [3.8, 4) is 0 Å². The van der Waals surface area contributed by atoms with Gasteiger partial charge in [0, 0.05) is 5.75 Å². The van der Waals surface area contributed by atoms with E-state index in [0.717, 1.165) is 18.6 Å². The van der Waals surface area contributed by atoms with Crippen LogP contribution in [0.4, 0.5) is 4.79 Å².